The van der Waals surface area contributed by atoms with Crippen molar-refractivity contribution >= 4 is 0 Å². The largest absolute Gasteiger partial charge is 0.368 e. The molecule has 2 rings (SSSR count). The lowest BCUT2D eigenvalue weighted by molar-refractivity contribution is 0.408. The van der Waals surface area contributed by atoms with Gasteiger partial charge in [0.25, 0.3) is 0 Å². The van der Waals surface area contributed by atoms with Crippen LogP contribution in [-0.4, -0.2) is 0 Å². The van der Waals surface area contributed by atoms with Crippen LogP contribution in [-0.2, 0) is 0 Å². The highest BCUT2D eigenvalue weighted by atomic mass is 14.8. The van der Waals surface area contributed by atoms with Crippen molar-refractivity contribution in [3.05, 3.63) is 36.2 Å². The summed E-state index contributed by atoms with van der Waals surface area (Å²) in [6, 6.07) is 0. The number of allylic oxidation sites excluding steroid dienone is 4. The first kappa shape index (κ1) is 8.61. The standard InChI is InChI=1S/C12H17N/c1-2-5-11(6-3-1)12-7-4-9-13-10-8-12/h4,7-11,13H,1-3,5-6H2. The Bertz CT molecular complexity index is 242. The first-order chi connectivity index (χ1) is 6.47. The fourth-order valence-electron chi connectivity index (χ4n) is 2.18. The van der Waals surface area contributed by atoms with Crippen molar-refractivity contribution in [2.45, 2.75) is 32.1 Å². The Morgan fingerprint density at radius 1 is 1.08 bits per heavy atom. The van der Waals surface area contributed by atoms with E-state index >= 15 is 0 Å². The van der Waals surface area contributed by atoms with E-state index in [1.807, 2.05) is 12.4 Å². The molecule has 1 heteroatoms. The molecule has 0 radical (unpaired) electrons. The Balaban J connectivity index is 2.05. The lowest BCUT2D eigenvalue weighted by Gasteiger charge is -2.22. The molecule has 1 aliphatic carbocycles. The van der Waals surface area contributed by atoms with Gasteiger partial charge in [-0.15, -0.1) is 0 Å². The molecule has 70 valence electrons. The third-order valence-corrected chi connectivity index (χ3v) is 2.93. The number of nitrogens with one attached hydrogen (secondary N) is 1. The summed E-state index contributed by atoms with van der Waals surface area (Å²) < 4.78 is 0. The van der Waals surface area contributed by atoms with Crippen molar-refractivity contribution in [3.8, 4) is 0 Å². The van der Waals surface area contributed by atoms with Gasteiger partial charge in [0.2, 0.25) is 0 Å². The molecule has 0 amide bonds. The van der Waals surface area contributed by atoms with Gasteiger partial charge in [0.15, 0.2) is 0 Å². The fourth-order valence-corrected chi connectivity index (χ4v) is 2.18. The minimum Gasteiger partial charge on any atom is -0.368 e. The SMILES string of the molecule is C1=CNC=CC(C2CCCCC2)=C1. The molecule has 0 unspecified atom stereocenters. The molecule has 1 N–H and O–H groups in total. The van der Waals surface area contributed by atoms with Crippen molar-refractivity contribution in [3.63, 3.8) is 0 Å². The Labute approximate surface area is 80.2 Å². The molecule has 0 aromatic heterocycles. The highest BCUT2D eigenvalue weighted by Gasteiger charge is 2.15. The number of hydrogen-bond acceptors (Lipinski definition) is 1. The summed E-state index contributed by atoms with van der Waals surface area (Å²) in [6.07, 6.45) is 17.6. The van der Waals surface area contributed by atoms with E-state index in [1.165, 1.54) is 37.7 Å². The maximum Gasteiger partial charge on any atom is 0.000727 e. The van der Waals surface area contributed by atoms with Gasteiger partial charge < -0.3 is 5.32 Å². The zero-order valence-electron chi connectivity index (χ0n) is 8.00. The third kappa shape index (κ3) is 2.24. The van der Waals surface area contributed by atoms with Gasteiger partial charge in [-0.05, 0) is 36.5 Å². The van der Waals surface area contributed by atoms with Crippen LogP contribution in [0.2, 0.25) is 0 Å². The first-order valence-electron chi connectivity index (χ1n) is 5.26. The van der Waals surface area contributed by atoms with Crippen LogP contribution in [0.4, 0.5) is 0 Å². The fraction of sp³-hybridized carbons (Fsp3) is 0.500. The summed E-state index contributed by atoms with van der Waals surface area (Å²) in [5, 5.41) is 3.10. The van der Waals surface area contributed by atoms with E-state index in [9.17, 15) is 0 Å². The van der Waals surface area contributed by atoms with Crippen LogP contribution < -0.4 is 5.32 Å². The van der Waals surface area contributed by atoms with Crippen LogP contribution in [0.3, 0.4) is 0 Å². The molecule has 0 atom stereocenters. The zero-order chi connectivity index (χ0) is 8.93. The first-order valence-corrected chi connectivity index (χ1v) is 5.26. The minimum absolute atomic E-state index is 0.814. The lowest BCUT2D eigenvalue weighted by atomic mass is 9.83. The summed E-state index contributed by atoms with van der Waals surface area (Å²) in [5.74, 6) is 0.814. The monoisotopic (exact) mass is 175 g/mol. The van der Waals surface area contributed by atoms with Gasteiger partial charge in [-0.25, -0.2) is 0 Å². The van der Waals surface area contributed by atoms with Gasteiger partial charge in [0.1, 0.15) is 0 Å². The van der Waals surface area contributed by atoms with Crippen LogP contribution in [0.1, 0.15) is 32.1 Å². The maximum atomic E-state index is 3.10. The molecule has 0 bridgehead atoms. The predicted octanol–water partition coefficient (Wildman–Crippen LogP) is 3.12. The minimum atomic E-state index is 0.814. The summed E-state index contributed by atoms with van der Waals surface area (Å²) in [6.45, 7) is 0. The second-order valence-corrected chi connectivity index (χ2v) is 3.86. The second kappa shape index (κ2) is 4.31. The Hall–Kier alpha value is -0.980. The van der Waals surface area contributed by atoms with Crippen molar-refractivity contribution in [2.24, 2.45) is 5.92 Å². The zero-order valence-corrected chi connectivity index (χ0v) is 8.00. The van der Waals surface area contributed by atoms with Crippen molar-refractivity contribution in [1.82, 2.24) is 5.32 Å². The highest BCUT2D eigenvalue weighted by molar-refractivity contribution is 5.28. The van der Waals surface area contributed by atoms with E-state index in [-0.39, 0.29) is 0 Å². The van der Waals surface area contributed by atoms with Gasteiger partial charge in [-0.3, -0.25) is 0 Å². The summed E-state index contributed by atoms with van der Waals surface area (Å²) in [7, 11) is 0. The van der Waals surface area contributed by atoms with Crippen molar-refractivity contribution in [2.75, 3.05) is 0 Å². The molecule has 1 heterocycles. The van der Waals surface area contributed by atoms with E-state index < -0.39 is 0 Å². The van der Waals surface area contributed by atoms with Crippen LogP contribution in [0, 0.1) is 5.92 Å². The third-order valence-electron chi connectivity index (χ3n) is 2.93. The van der Waals surface area contributed by atoms with Crippen LogP contribution >= 0.6 is 0 Å². The Morgan fingerprint density at radius 2 is 1.92 bits per heavy atom. The van der Waals surface area contributed by atoms with E-state index in [0.717, 1.165) is 5.92 Å². The number of rotatable bonds is 1. The van der Waals surface area contributed by atoms with Crippen LogP contribution in [0.25, 0.3) is 0 Å². The average Bonchev–Trinajstić information content (AvgIpc) is 2.47. The van der Waals surface area contributed by atoms with E-state index in [0.29, 0.717) is 0 Å². The van der Waals surface area contributed by atoms with E-state index in [2.05, 4.69) is 23.5 Å². The molecule has 1 nitrogen and oxygen atoms in total. The molecule has 1 fully saturated rings. The summed E-state index contributed by atoms with van der Waals surface area (Å²) in [5.41, 5.74) is 1.50. The molecule has 1 saturated carbocycles. The second-order valence-electron chi connectivity index (χ2n) is 3.86. The molecular formula is C12H17N. The molecular weight excluding hydrogens is 158 g/mol. The Kier molecular flexibility index (Phi) is 2.86. The van der Waals surface area contributed by atoms with E-state index in [4.69, 9.17) is 0 Å². The van der Waals surface area contributed by atoms with Gasteiger partial charge in [0.05, 0.1) is 0 Å². The molecule has 0 aromatic carbocycles. The van der Waals surface area contributed by atoms with Crippen LogP contribution in [0.5, 0.6) is 0 Å². The normalized spacial score (nSPS) is 23.5. The summed E-state index contributed by atoms with van der Waals surface area (Å²) >= 11 is 0. The van der Waals surface area contributed by atoms with Gasteiger partial charge in [-0.1, -0.05) is 25.3 Å². The quantitative estimate of drug-likeness (QED) is 0.645. The predicted molar refractivity (Wildman–Crippen MR) is 56.1 cm³/mol. The van der Waals surface area contributed by atoms with Crippen LogP contribution in [0.15, 0.2) is 36.2 Å². The van der Waals surface area contributed by atoms with Gasteiger partial charge >= 0.3 is 0 Å². The van der Waals surface area contributed by atoms with Crippen molar-refractivity contribution < 1.29 is 0 Å². The van der Waals surface area contributed by atoms with Crippen molar-refractivity contribution in [1.29, 1.82) is 0 Å². The van der Waals surface area contributed by atoms with Gasteiger partial charge in [-0.2, -0.15) is 0 Å². The molecule has 1 aliphatic heterocycles. The van der Waals surface area contributed by atoms with E-state index in [1.54, 1.807) is 0 Å². The topological polar surface area (TPSA) is 12.0 Å². The molecule has 2 aliphatic rings. The molecule has 0 aromatic rings. The maximum absolute atomic E-state index is 3.10. The lowest BCUT2D eigenvalue weighted by Crippen LogP contribution is -2.07. The smallest absolute Gasteiger partial charge is 0.000727 e. The molecule has 13 heavy (non-hydrogen) atoms. The average molecular weight is 175 g/mol. The summed E-state index contributed by atoms with van der Waals surface area (Å²) in [4.78, 5) is 0. The molecule has 0 saturated heterocycles. The van der Waals surface area contributed by atoms with Gasteiger partial charge in [0, 0.05) is 12.4 Å². The Morgan fingerprint density at radius 3 is 2.77 bits per heavy atom. The molecule has 0 spiro atoms. The highest BCUT2D eigenvalue weighted by Crippen LogP contribution is 2.30. The number of hydrogen-bond donors (Lipinski definition) is 1.